The number of hydrogen-bond acceptors (Lipinski definition) is 4. The first-order valence-corrected chi connectivity index (χ1v) is 16.3. The quantitative estimate of drug-likeness (QED) is 0.182. The van der Waals surface area contributed by atoms with Crippen LogP contribution in [0.25, 0.3) is 0 Å². The molecule has 1 saturated heterocycles. The van der Waals surface area contributed by atoms with Gasteiger partial charge in [-0.1, -0.05) is 97.3 Å². The summed E-state index contributed by atoms with van der Waals surface area (Å²) in [5, 5.41) is 8.88. The molecular weight excluding hydrogens is 456 g/mol. The van der Waals surface area contributed by atoms with E-state index in [4.69, 9.17) is 11.1 Å². The topological polar surface area (TPSA) is 72.0 Å². The molecule has 0 aromatic carbocycles. The predicted molar refractivity (Wildman–Crippen MR) is 159 cm³/mol. The van der Waals surface area contributed by atoms with Crippen molar-refractivity contribution in [3.8, 4) is 0 Å². The van der Waals surface area contributed by atoms with E-state index in [0.717, 1.165) is 50.6 Å². The number of guanidine groups is 2. The van der Waals surface area contributed by atoms with Crippen molar-refractivity contribution in [2.45, 2.75) is 148 Å². The second-order valence-corrected chi connectivity index (χ2v) is 12.2. The lowest BCUT2D eigenvalue weighted by molar-refractivity contribution is 0.288. The summed E-state index contributed by atoms with van der Waals surface area (Å²) in [5.41, 5.74) is 6.29. The van der Waals surface area contributed by atoms with Crippen molar-refractivity contribution in [2.75, 3.05) is 32.7 Å². The standard InChI is InChI=1S/C31H60N6/c1-3-5-7-8-14-24-37-29(20-6-4-2)26-35(31(37)33)22-15-13-21-28-25-34-30(32)36(28)23-16-12-19-27-17-10-9-11-18-27/h27-29,33H,3-26H2,1-2H3,(H2,32,34)/t28?,29-/m0/s1. The van der Waals surface area contributed by atoms with Crippen LogP contribution in [0.4, 0.5) is 0 Å². The Morgan fingerprint density at radius 3 is 2.16 bits per heavy atom. The summed E-state index contributed by atoms with van der Waals surface area (Å²) in [6, 6.07) is 1.04. The average molecular weight is 517 g/mol. The van der Waals surface area contributed by atoms with Crippen LogP contribution in [0, 0.1) is 11.3 Å². The van der Waals surface area contributed by atoms with Gasteiger partial charge in [0.1, 0.15) is 0 Å². The zero-order valence-corrected chi connectivity index (χ0v) is 24.6. The van der Waals surface area contributed by atoms with E-state index < -0.39 is 0 Å². The van der Waals surface area contributed by atoms with Crippen LogP contribution in [0.2, 0.25) is 0 Å². The van der Waals surface area contributed by atoms with Gasteiger partial charge in [-0.15, -0.1) is 0 Å². The maximum Gasteiger partial charge on any atom is 0.194 e. The van der Waals surface area contributed by atoms with Gasteiger partial charge >= 0.3 is 0 Å². The zero-order chi connectivity index (χ0) is 26.3. The molecule has 1 unspecified atom stereocenters. The minimum atomic E-state index is 0.490. The van der Waals surface area contributed by atoms with Gasteiger partial charge in [0.05, 0.1) is 12.6 Å². The lowest BCUT2D eigenvalue weighted by Gasteiger charge is -2.27. The Kier molecular flexibility index (Phi) is 14.0. The minimum Gasteiger partial charge on any atom is -0.370 e. The Bertz CT molecular complexity index is 658. The van der Waals surface area contributed by atoms with Crippen molar-refractivity contribution < 1.29 is 0 Å². The zero-order valence-electron chi connectivity index (χ0n) is 24.6. The van der Waals surface area contributed by atoms with E-state index in [1.165, 1.54) is 122 Å². The van der Waals surface area contributed by atoms with Crippen LogP contribution in [0.5, 0.6) is 0 Å². The molecule has 0 bridgehead atoms. The first kappa shape index (κ1) is 30.1. The number of nitrogens with one attached hydrogen (secondary N) is 1. The van der Waals surface area contributed by atoms with Gasteiger partial charge in [0.25, 0.3) is 0 Å². The van der Waals surface area contributed by atoms with Crippen LogP contribution in [-0.2, 0) is 0 Å². The first-order chi connectivity index (χ1) is 18.1. The summed E-state index contributed by atoms with van der Waals surface area (Å²) < 4.78 is 0. The molecule has 2 aliphatic heterocycles. The van der Waals surface area contributed by atoms with Crippen LogP contribution in [0.15, 0.2) is 4.99 Å². The molecule has 3 rings (SSSR count). The average Bonchev–Trinajstić information content (AvgIpc) is 3.42. The van der Waals surface area contributed by atoms with E-state index in [0.29, 0.717) is 12.1 Å². The van der Waals surface area contributed by atoms with Crippen LogP contribution in [0.3, 0.4) is 0 Å². The summed E-state index contributed by atoms with van der Waals surface area (Å²) in [7, 11) is 0. The molecule has 0 spiro atoms. The van der Waals surface area contributed by atoms with Crippen molar-refractivity contribution >= 4 is 11.9 Å². The van der Waals surface area contributed by atoms with Gasteiger partial charge in [-0.05, 0) is 44.4 Å². The molecule has 0 radical (unpaired) electrons. The molecule has 6 nitrogen and oxygen atoms in total. The fourth-order valence-electron chi connectivity index (χ4n) is 6.85. The maximum absolute atomic E-state index is 8.88. The van der Waals surface area contributed by atoms with Crippen molar-refractivity contribution in [2.24, 2.45) is 16.6 Å². The number of rotatable bonds is 19. The van der Waals surface area contributed by atoms with Crippen LogP contribution in [0.1, 0.15) is 136 Å². The molecule has 2 heterocycles. The van der Waals surface area contributed by atoms with Gasteiger partial charge in [0.2, 0.25) is 0 Å². The Morgan fingerprint density at radius 2 is 1.38 bits per heavy atom. The monoisotopic (exact) mass is 516 g/mol. The molecule has 0 amide bonds. The van der Waals surface area contributed by atoms with Gasteiger partial charge in [-0.3, -0.25) is 10.4 Å². The summed E-state index contributed by atoms with van der Waals surface area (Å²) >= 11 is 0. The smallest absolute Gasteiger partial charge is 0.194 e. The molecule has 3 N–H and O–H groups in total. The van der Waals surface area contributed by atoms with E-state index in [-0.39, 0.29) is 0 Å². The lowest BCUT2D eigenvalue weighted by atomic mass is 9.86. The van der Waals surface area contributed by atoms with Gasteiger partial charge in [-0.2, -0.15) is 0 Å². The molecule has 6 heteroatoms. The first-order valence-electron chi connectivity index (χ1n) is 16.3. The van der Waals surface area contributed by atoms with Gasteiger partial charge in [0.15, 0.2) is 11.9 Å². The third kappa shape index (κ3) is 9.98. The molecule has 37 heavy (non-hydrogen) atoms. The normalized spacial score (nSPS) is 22.9. The van der Waals surface area contributed by atoms with Gasteiger partial charge < -0.3 is 20.4 Å². The summed E-state index contributed by atoms with van der Waals surface area (Å²) in [6.07, 6.45) is 25.1. The summed E-state index contributed by atoms with van der Waals surface area (Å²) in [4.78, 5) is 11.8. The molecule has 214 valence electrons. The maximum atomic E-state index is 8.88. The molecule has 3 aliphatic rings. The highest BCUT2D eigenvalue weighted by atomic mass is 15.4. The number of hydrogen-bond donors (Lipinski definition) is 2. The molecule has 2 fully saturated rings. The summed E-state index contributed by atoms with van der Waals surface area (Å²) in [5.74, 6) is 2.55. The molecule has 2 atom stereocenters. The van der Waals surface area contributed by atoms with Crippen molar-refractivity contribution in [3.63, 3.8) is 0 Å². The molecule has 0 aromatic rings. The number of aliphatic imine (C=N–C) groups is 1. The molecule has 1 saturated carbocycles. The molecular formula is C31H60N6. The van der Waals surface area contributed by atoms with E-state index in [2.05, 4.69) is 33.5 Å². The third-order valence-corrected chi connectivity index (χ3v) is 9.24. The van der Waals surface area contributed by atoms with Crippen molar-refractivity contribution in [3.05, 3.63) is 0 Å². The van der Waals surface area contributed by atoms with Crippen molar-refractivity contribution in [1.82, 2.24) is 14.7 Å². The van der Waals surface area contributed by atoms with Crippen LogP contribution in [-0.4, -0.2) is 71.4 Å². The minimum absolute atomic E-state index is 0.490. The second kappa shape index (κ2) is 17.2. The third-order valence-electron chi connectivity index (χ3n) is 9.24. The predicted octanol–water partition coefficient (Wildman–Crippen LogP) is 6.99. The lowest BCUT2D eigenvalue weighted by Crippen LogP contribution is -2.41. The number of unbranched alkanes of at least 4 members (excludes halogenated alkanes) is 7. The second-order valence-electron chi connectivity index (χ2n) is 12.2. The SMILES string of the molecule is CCCCCCCN1C(=N)N(CCCCC2CN=C(N)N2CCCCC2CCCCC2)C[C@@H]1CCCC. The van der Waals surface area contributed by atoms with Crippen LogP contribution >= 0.6 is 0 Å². The highest BCUT2D eigenvalue weighted by molar-refractivity contribution is 5.80. The number of nitrogens with two attached hydrogens (primary N) is 1. The summed E-state index contributed by atoms with van der Waals surface area (Å²) in [6.45, 7) is 9.67. The van der Waals surface area contributed by atoms with Gasteiger partial charge in [-0.25, -0.2) is 0 Å². The van der Waals surface area contributed by atoms with Gasteiger partial charge in [0, 0.05) is 32.2 Å². The Hall–Kier alpha value is -1.46. The van der Waals surface area contributed by atoms with E-state index >= 15 is 0 Å². The Morgan fingerprint density at radius 1 is 0.730 bits per heavy atom. The highest BCUT2D eigenvalue weighted by Crippen LogP contribution is 2.28. The fraction of sp³-hybridized carbons (Fsp3) is 0.935. The number of nitrogens with zero attached hydrogens (tertiary/aromatic N) is 4. The largest absolute Gasteiger partial charge is 0.370 e. The van der Waals surface area contributed by atoms with E-state index in [9.17, 15) is 0 Å². The van der Waals surface area contributed by atoms with Crippen molar-refractivity contribution in [1.29, 1.82) is 5.41 Å². The fourth-order valence-corrected chi connectivity index (χ4v) is 6.85. The Labute approximate surface area is 229 Å². The van der Waals surface area contributed by atoms with E-state index in [1.807, 2.05) is 0 Å². The molecule has 0 aromatic heterocycles. The molecule has 1 aliphatic carbocycles. The van der Waals surface area contributed by atoms with E-state index in [1.54, 1.807) is 0 Å². The Balaban J connectivity index is 1.34. The van der Waals surface area contributed by atoms with Crippen LogP contribution < -0.4 is 5.73 Å². The highest BCUT2D eigenvalue weighted by Gasteiger charge is 2.33.